The zero-order valence-electron chi connectivity index (χ0n) is 16.2. The van der Waals surface area contributed by atoms with Gasteiger partial charge in [0.1, 0.15) is 6.54 Å². The van der Waals surface area contributed by atoms with Crippen LogP contribution in [0, 0.1) is 0 Å². The molecule has 0 unspecified atom stereocenters. The normalized spacial score (nSPS) is 15.0. The van der Waals surface area contributed by atoms with Crippen molar-refractivity contribution in [2.75, 3.05) is 19.7 Å². The fourth-order valence-corrected chi connectivity index (χ4v) is 4.65. The van der Waals surface area contributed by atoms with E-state index in [1.807, 2.05) is 0 Å². The molecule has 0 aliphatic heterocycles. The molecule has 1 aromatic rings. The monoisotopic (exact) mass is 413 g/mol. The molecular weight excluding hydrogens is 386 g/mol. The highest BCUT2D eigenvalue weighted by atomic mass is 32.2. The molecule has 0 aromatic carbocycles. The number of amides is 1. The fourth-order valence-electron chi connectivity index (χ4n) is 3.17. The highest BCUT2D eigenvalue weighted by Gasteiger charge is 2.23. The van der Waals surface area contributed by atoms with E-state index in [-0.39, 0.29) is 29.9 Å². The molecule has 28 heavy (non-hydrogen) atoms. The summed E-state index contributed by atoms with van der Waals surface area (Å²) in [5.74, 6) is -1.17. The first-order chi connectivity index (χ1) is 13.3. The molecule has 9 nitrogen and oxygen atoms in total. The second-order valence-electron chi connectivity index (χ2n) is 6.63. The molecule has 1 saturated carbocycles. The van der Waals surface area contributed by atoms with Gasteiger partial charge in [-0.2, -0.15) is 4.31 Å². The van der Waals surface area contributed by atoms with Gasteiger partial charge < -0.3 is 14.6 Å². The van der Waals surface area contributed by atoms with Gasteiger partial charge in [-0.3, -0.25) is 14.4 Å². The zero-order chi connectivity index (χ0) is 20.7. The summed E-state index contributed by atoms with van der Waals surface area (Å²) >= 11 is 0. The largest absolute Gasteiger partial charge is 0.454 e. The second kappa shape index (κ2) is 9.83. The Labute approximate surface area is 164 Å². The van der Waals surface area contributed by atoms with Crippen molar-refractivity contribution >= 4 is 21.9 Å². The number of carbonyl (C=O) groups excluding carboxylic acids is 2. The number of sulfonamides is 1. The van der Waals surface area contributed by atoms with Gasteiger partial charge in [-0.25, -0.2) is 8.42 Å². The molecule has 1 aliphatic carbocycles. The summed E-state index contributed by atoms with van der Waals surface area (Å²) in [5, 5.41) is 2.79. The van der Waals surface area contributed by atoms with Gasteiger partial charge in [0.15, 0.2) is 6.61 Å². The number of pyridine rings is 1. The Balaban J connectivity index is 2.00. The predicted molar refractivity (Wildman–Crippen MR) is 102 cm³/mol. The summed E-state index contributed by atoms with van der Waals surface area (Å²) in [7, 11) is -3.76. The molecule has 0 spiro atoms. The van der Waals surface area contributed by atoms with Crippen LogP contribution in [0.25, 0.3) is 0 Å². The highest BCUT2D eigenvalue weighted by Crippen LogP contribution is 2.17. The number of hydrogen-bond acceptors (Lipinski definition) is 6. The predicted octanol–water partition coefficient (Wildman–Crippen LogP) is 0.481. The molecule has 2 rings (SSSR count). The maximum Gasteiger partial charge on any atom is 0.326 e. The number of nitrogens with one attached hydrogen (secondary N) is 1. The first kappa shape index (κ1) is 22.1. The van der Waals surface area contributed by atoms with Gasteiger partial charge in [-0.15, -0.1) is 0 Å². The third kappa shape index (κ3) is 5.65. The highest BCUT2D eigenvalue weighted by molar-refractivity contribution is 7.89. The summed E-state index contributed by atoms with van der Waals surface area (Å²) in [5.41, 5.74) is -0.536. The Morgan fingerprint density at radius 3 is 2.46 bits per heavy atom. The molecule has 156 valence electrons. The quantitative estimate of drug-likeness (QED) is 0.589. The van der Waals surface area contributed by atoms with Crippen LogP contribution in [0.4, 0.5) is 0 Å². The van der Waals surface area contributed by atoms with Crippen LogP contribution < -0.4 is 10.9 Å². The van der Waals surface area contributed by atoms with E-state index >= 15 is 0 Å². The number of carbonyl (C=O) groups is 2. The second-order valence-corrected chi connectivity index (χ2v) is 8.57. The Hall–Kier alpha value is -2.20. The lowest BCUT2D eigenvalue weighted by Crippen LogP contribution is -2.36. The topological polar surface area (TPSA) is 115 Å². The summed E-state index contributed by atoms with van der Waals surface area (Å²) in [6, 6.07) is 2.43. The Kier molecular flexibility index (Phi) is 7.76. The lowest BCUT2D eigenvalue weighted by molar-refractivity contribution is -0.149. The van der Waals surface area contributed by atoms with Crippen molar-refractivity contribution in [3.05, 3.63) is 28.7 Å². The average Bonchev–Trinajstić information content (AvgIpc) is 3.15. The molecule has 1 aromatic heterocycles. The smallest absolute Gasteiger partial charge is 0.326 e. The maximum absolute atomic E-state index is 12.6. The Bertz CT molecular complexity index is 854. The molecule has 0 radical (unpaired) electrons. The van der Waals surface area contributed by atoms with Gasteiger partial charge in [0.25, 0.3) is 11.5 Å². The van der Waals surface area contributed by atoms with Gasteiger partial charge in [0.2, 0.25) is 10.0 Å². The molecule has 1 heterocycles. The lowest BCUT2D eigenvalue weighted by atomic mass is 10.2. The fraction of sp³-hybridized carbons (Fsp3) is 0.611. The van der Waals surface area contributed by atoms with Crippen LogP contribution in [0.15, 0.2) is 28.0 Å². The van der Waals surface area contributed by atoms with E-state index in [1.54, 1.807) is 13.8 Å². The van der Waals surface area contributed by atoms with Crippen LogP contribution in [0.3, 0.4) is 0 Å². The van der Waals surface area contributed by atoms with Gasteiger partial charge in [0.05, 0.1) is 4.90 Å². The van der Waals surface area contributed by atoms with E-state index in [0.717, 1.165) is 42.5 Å². The Morgan fingerprint density at radius 2 is 1.86 bits per heavy atom. The van der Waals surface area contributed by atoms with Crippen LogP contribution >= 0.6 is 0 Å². The van der Waals surface area contributed by atoms with Crippen molar-refractivity contribution < 1.29 is 22.7 Å². The molecule has 0 saturated heterocycles. The van der Waals surface area contributed by atoms with Crippen molar-refractivity contribution in [3.8, 4) is 0 Å². The SMILES string of the molecule is CCN(CC)S(=O)(=O)c1ccc(=O)n(CC(=O)OCC(=O)NC2CCCC2)c1. The van der Waals surface area contributed by atoms with E-state index < -0.39 is 34.7 Å². The van der Waals surface area contributed by atoms with Crippen molar-refractivity contribution in [1.29, 1.82) is 0 Å². The third-order valence-electron chi connectivity index (χ3n) is 4.68. The minimum absolute atomic E-state index is 0.0809. The Morgan fingerprint density at radius 1 is 1.21 bits per heavy atom. The van der Waals surface area contributed by atoms with Crippen molar-refractivity contribution in [2.45, 2.75) is 57.0 Å². The summed E-state index contributed by atoms with van der Waals surface area (Å²) in [6.07, 6.45) is 5.10. The van der Waals surface area contributed by atoms with E-state index in [4.69, 9.17) is 4.74 Å². The first-order valence-electron chi connectivity index (χ1n) is 9.43. The van der Waals surface area contributed by atoms with Crippen LogP contribution in [0.2, 0.25) is 0 Å². The number of esters is 1. The van der Waals surface area contributed by atoms with Crippen molar-refractivity contribution in [3.63, 3.8) is 0 Å². The van der Waals surface area contributed by atoms with Crippen molar-refractivity contribution in [1.82, 2.24) is 14.2 Å². The summed E-state index contributed by atoms with van der Waals surface area (Å²) < 4.78 is 32.3. The van der Waals surface area contributed by atoms with Crippen LogP contribution in [-0.2, 0) is 30.9 Å². The zero-order valence-corrected chi connectivity index (χ0v) is 17.0. The van der Waals surface area contributed by atoms with Gasteiger partial charge >= 0.3 is 5.97 Å². The van der Waals surface area contributed by atoms with Crippen LogP contribution in [-0.4, -0.2) is 54.9 Å². The standard InChI is InChI=1S/C18H27N3O6S/c1-3-21(4-2)28(25,26)15-9-10-17(23)20(11-15)12-18(24)27-13-16(22)19-14-7-5-6-8-14/h9-11,14H,3-8,12-13H2,1-2H3,(H,19,22). The maximum atomic E-state index is 12.6. The third-order valence-corrected chi connectivity index (χ3v) is 6.72. The van der Waals surface area contributed by atoms with E-state index in [9.17, 15) is 22.8 Å². The minimum Gasteiger partial charge on any atom is -0.454 e. The molecule has 1 amide bonds. The van der Waals surface area contributed by atoms with E-state index in [0.29, 0.717) is 0 Å². The first-order valence-corrected chi connectivity index (χ1v) is 10.9. The summed E-state index contributed by atoms with van der Waals surface area (Å²) in [4.78, 5) is 35.7. The summed E-state index contributed by atoms with van der Waals surface area (Å²) in [6.45, 7) is 3.10. The minimum atomic E-state index is -3.76. The van der Waals surface area contributed by atoms with Gasteiger partial charge in [0, 0.05) is 31.4 Å². The number of ether oxygens (including phenoxy) is 1. The van der Waals surface area contributed by atoms with E-state index in [2.05, 4.69) is 5.32 Å². The van der Waals surface area contributed by atoms with Crippen LogP contribution in [0.1, 0.15) is 39.5 Å². The number of nitrogens with zero attached hydrogens (tertiary/aromatic N) is 2. The molecule has 1 N–H and O–H groups in total. The molecular formula is C18H27N3O6S. The van der Waals surface area contributed by atoms with Gasteiger partial charge in [-0.05, 0) is 18.9 Å². The molecule has 1 fully saturated rings. The lowest BCUT2D eigenvalue weighted by Gasteiger charge is -2.19. The molecule has 10 heteroatoms. The van der Waals surface area contributed by atoms with Crippen molar-refractivity contribution in [2.24, 2.45) is 0 Å². The van der Waals surface area contributed by atoms with Gasteiger partial charge in [-0.1, -0.05) is 26.7 Å². The number of hydrogen-bond donors (Lipinski definition) is 1. The number of rotatable bonds is 9. The molecule has 0 bridgehead atoms. The average molecular weight is 413 g/mol. The van der Waals surface area contributed by atoms with Crippen LogP contribution in [0.5, 0.6) is 0 Å². The number of aromatic nitrogens is 1. The molecule has 1 aliphatic rings. The molecule has 0 atom stereocenters. The van der Waals surface area contributed by atoms with E-state index in [1.165, 1.54) is 10.4 Å².